The predicted octanol–water partition coefficient (Wildman–Crippen LogP) is 5.05. The van der Waals surface area contributed by atoms with Crippen molar-refractivity contribution in [3.05, 3.63) is 60.2 Å². The van der Waals surface area contributed by atoms with E-state index in [4.69, 9.17) is 0 Å². The molecule has 2 heteroatoms. The number of benzene rings is 2. The standard InChI is InChI=1S/C20H25NO/c1-3-10-17(11-4-2)21-20(22)19-15-9-8-14-18(19)16-12-6-5-7-13-16/h5-9,12-15,17H,3-4,10-11H2,1-2H3,(H,21,22). The highest BCUT2D eigenvalue weighted by atomic mass is 16.1. The Morgan fingerprint density at radius 1 is 0.909 bits per heavy atom. The van der Waals surface area contributed by atoms with Crippen LogP contribution in [0.3, 0.4) is 0 Å². The van der Waals surface area contributed by atoms with Crippen molar-refractivity contribution < 1.29 is 4.79 Å². The number of amides is 1. The molecule has 0 unspecified atom stereocenters. The molecule has 1 N–H and O–H groups in total. The van der Waals surface area contributed by atoms with Gasteiger partial charge in [0.15, 0.2) is 0 Å². The second-order valence-corrected chi connectivity index (χ2v) is 5.66. The van der Waals surface area contributed by atoms with Crippen molar-refractivity contribution in [1.29, 1.82) is 0 Å². The average molecular weight is 295 g/mol. The van der Waals surface area contributed by atoms with E-state index in [2.05, 4.69) is 19.2 Å². The van der Waals surface area contributed by atoms with Crippen LogP contribution >= 0.6 is 0 Å². The van der Waals surface area contributed by atoms with Crippen molar-refractivity contribution in [2.75, 3.05) is 0 Å². The fourth-order valence-electron chi connectivity index (χ4n) is 2.80. The summed E-state index contributed by atoms with van der Waals surface area (Å²) in [5.41, 5.74) is 2.83. The Kier molecular flexibility index (Phi) is 6.20. The fourth-order valence-corrected chi connectivity index (χ4v) is 2.80. The first-order valence-corrected chi connectivity index (χ1v) is 8.21. The largest absolute Gasteiger partial charge is 0.349 e. The third kappa shape index (κ3) is 4.20. The summed E-state index contributed by atoms with van der Waals surface area (Å²) in [7, 11) is 0. The zero-order chi connectivity index (χ0) is 15.8. The molecule has 0 heterocycles. The lowest BCUT2D eigenvalue weighted by Gasteiger charge is -2.18. The number of hydrogen-bond acceptors (Lipinski definition) is 1. The van der Waals surface area contributed by atoms with Crippen LogP contribution in [0.5, 0.6) is 0 Å². The summed E-state index contributed by atoms with van der Waals surface area (Å²) in [6.07, 6.45) is 4.25. The van der Waals surface area contributed by atoms with E-state index in [0.29, 0.717) is 0 Å². The molecule has 0 aliphatic heterocycles. The third-order valence-corrected chi connectivity index (χ3v) is 3.87. The van der Waals surface area contributed by atoms with E-state index in [1.54, 1.807) is 0 Å². The Hall–Kier alpha value is -2.09. The first kappa shape index (κ1) is 16.3. The van der Waals surface area contributed by atoms with Crippen molar-refractivity contribution in [2.45, 2.75) is 45.6 Å². The average Bonchev–Trinajstić information content (AvgIpc) is 2.56. The minimum atomic E-state index is 0.0337. The van der Waals surface area contributed by atoms with Gasteiger partial charge in [0.2, 0.25) is 0 Å². The van der Waals surface area contributed by atoms with Gasteiger partial charge in [0.25, 0.3) is 5.91 Å². The monoisotopic (exact) mass is 295 g/mol. The summed E-state index contributed by atoms with van der Waals surface area (Å²) >= 11 is 0. The van der Waals surface area contributed by atoms with Gasteiger partial charge in [0.1, 0.15) is 0 Å². The number of rotatable bonds is 7. The van der Waals surface area contributed by atoms with Crippen LogP contribution in [0.2, 0.25) is 0 Å². The zero-order valence-corrected chi connectivity index (χ0v) is 13.5. The SMILES string of the molecule is CCCC(CCC)NC(=O)c1ccccc1-c1ccccc1. The highest BCUT2D eigenvalue weighted by molar-refractivity contribution is 6.01. The summed E-state index contributed by atoms with van der Waals surface area (Å²) < 4.78 is 0. The fraction of sp³-hybridized carbons (Fsp3) is 0.350. The van der Waals surface area contributed by atoms with Crippen LogP contribution in [-0.4, -0.2) is 11.9 Å². The van der Waals surface area contributed by atoms with Gasteiger partial charge in [-0.15, -0.1) is 0 Å². The van der Waals surface area contributed by atoms with Crippen LogP contribution in [0, 0.1) is 0 Å². The minimum Gasteiger partial charge on any atom is -0.349 e. The Balaban J connectivity index is 2.23. The van der Waals surface area contributed by atoms with Crippen molar-refractivity contribution >= 4 is 5.91 Å². The quantitative estimate of drug-likeness (QED) is 0.760. The maximum absolute atomic E-state index is 12.7. The molecule has 0 bridgehead atoms. The van der Waals surface area contributed by atoms with Gasteiger partial charge in [-0.2, -0.15) is 0 Å². The molecule has 2 rings (SSSR count). The summed E-state index contributed by atoms with van der Waals surface area (Å²) in [6, 6.07) is 18.2. The topological polar surface area (TPSA) is 29.1 Å². The smallest absolute Gasteiger partial charge is 0.252 e. The lowest BCUT2D eigenvalue weighted by Crippen LogP contribution is -2.34. The molecule has 0 fully saturated rings. The van der Waals surface area contributed by atoms with Crippen molar-refractivity contribution in [1.82, 2.24) is 5.32 Å². The summed E-state index contributed by atoms with van der Waals surface area (Å²) in [6.45, 7) is 4.32. The first-order valence-electron chi connectivity index (χ1n) is 8.21. The number of hydrogen-bond donors (Lipinski definition) is 1. The van der Waals surface area contributed by atoms with Crippen LogP contribution < -0.4 is 5.32 Å². The molecule has 2 aromatic carbocycles. The molecule has 2 aromatic rings. The number of nitrogens with one attached hydrogen (secondary N) is 1. The molecule has 0 aromatic heterocycles. The molecule has 116 valence electrons. The van der Waals surface area contributed by atoms with E-state index in [1.807, 2.05) is 54.6 Å². The van der Waals surface area contributed by atoms with Crippen molar-refractivity contribution in [3.8, 4) is 11.1 Å². The summed E-state index contributed by atoms with van der Waals surface area (Å²) in [4.78, 5) is 12.7. The van der Waals surface area contributed by atoms with Crippen LogP contribution in [-0.2, 0) is 0 Å². The molecule has 1 amide bonds. The van der Waals surface area contributed by atoms with E-state index >= 15 is 0 Å². The Morgan fingerprint density at radius 3 is 2.14 bits per heavy atom. The molecule has 0 radical (unpaired) electrons. The van der Waals surface area contributed by atoms with Gasteiger partial charge in [-0.1, -0.05) is 75.2 Å². The molecule has 2 nitrogen and oxygen atoms in total. The van der Waals surface area contributed by atoms with Crippen LogP contribution in [0.25, 0.3) is 11.1 Å². The molecule has 0 aliphatic carbocycles. The second kappa shape index (κ2) is 8.38. The molecule has 0 saturated heterocycles. The number of carbonyl (C=O) groups is 1. The van der Waals surface area contributed by atoms with Gasteiger partial charge in [-0.25, -0.2) is 0 Å². The Bertz CT molecular complexity index is 586. The molecular weight excluding hydrogens is 270 g/mol. The van der Waals surface area contributed by atoms with Crippen LogP contribution in [0.1, 0.15) is 49.9 Å². The highest BCUT2D eigenvalue weighted by Crippen LogP contribution is 2.23. The normalized spacial score (nSPS) is 10.7. The molecular formula is C20H25NO. The van der Waals surface area contributed by atoms with Gasteiger partial charge in [0.05, 0.1) is 0 Å². The van der Waals surface area contributed by atoms with Gasteiger partial charge in [-0.3, -0.25) is 4.79 Å². The molecule has 0 atom stereocenters. The van der Waals surface area contributed by atoms with Crippen molar-refractivity contribution in [2.24, 2.45) is 0 Å². The lowest BCUT2D eigenvalue weighted by atomic mass is 9.98. The third-order valence-electron chi connectivity index (χ3n) is 3.87. The van der Waals surface area contributed by atoms with Gasteiger partial charge in [0, 0.05) is 11.6 Å². The van der Waals surface area contributed by atoms with E-state index < -0.39 is 0 Å². The van der Waals surface area contributed by atoms with Gasteiger partial charge >= 0.3 is 0 Å². The molecule has 22 heavy (non-hydrogen) atoms. The maximum Gasteiger partial charge on any atom is 0.252 e. The lowest BCUT2D eigenvalue weighted by molar-refractivity contribution is 0.0933. The van der Waals surface area contributed by atoms with Crippen LogP contribution in [0.15, 0.2) is 54.6 Å². The molecule has 0 aliphatic rings. The zero-order valence-electron chi connectivity index (χ0n) is 13.5. The predicted molar refractivity (Wildman–Crippen MR) is 92.9 cm³/mol. The summed E-state index contributed by atoms with van der Waals surface area (Å²) in [5, 5.41) is 3.21. The van der Waals surface area contributed by atoms with E-state index in [0.717, 1.165) is 42.4 Å². The Labute approximate surface area is 133 Å². The minimum absolute atomic E-state index is 0.0337. The second-order valence-electron chi connectivity index (χ2n) is 5.66. The van der Waals surface area contributed by atoms with E-state index in [1.165, 1.54) is 0 Å². The first-order chi connectivity index (χ1) is 10.8. The maximum atomic E-state index is 12.7. The number of carbonyl (C=O) groups excluding carboxylic acids is 1. The summed E-state index contributed by atoms with van der Waals surface area (Å²) in [5.74, 6) is 0.0337. The molecule has 0 saturated carbocycles. The van der Waals surface area contributed by atoms with Crippen LogP contribution in [0.4, 0.5) is 0 Å². The van der Waals surface area contributed by atoms with E-state index in [9.17, 15) is 4.79 Å². The molecule has 0 spiro atoms. The van der Waals surface area contributed by atoms with E-state index in [-0.39, 0.29) is 11.9 Å². The highest BCUT2D eigenvalue weighted by Gasteiger charge is 2.15. The van der Waals surface area contributed by atoms with Gasteiger partial charge in [-0.05, 0) is 30.0 Å². The Morgan fingerprint density at radius 2 is 1.50 bits per heavy atom. The van der Waals surface area contributed by atoms with Gasteiger partial charge < -0.3 is 5.32 Å². The van der Waals surface area contributed by atoms with Crippen molar-refractivity contribution in [3.63, 3.8) is 0 Å².